The summed E-state index contributed by atoms with van der Waals surface area (Å²) in [6.45, 7) is 1.73. The molecular weight excluding hydrogens is 150 g/mol. The topological polar surface area (TPSA) is 12.5 Å². The van der Waals surface area contributed by atoms with E-state index in [4.69, 9.17) is 4.74 Å². The molecule has 0 fully saturated rings. The van der Waals surface area contributed by atoms with Gasteiger partial charge in [-0.3, -0.25) is 0 Å². The highest BCUT2D eigenvalue weighted by atomic mass is 16.5. The predicted molar refractivity (Wildman–Crippen MR) is 50.6 cm³/mol. The summed E-state index contributed by atoms with van der Waals surface area (Å²) in [7, 11) is 4.09. The van der Waals surface area contributed by atoms with Crippen molar-refractivity contribution >= 4 is 0 Å². The molecular formula is C10H16NO. The third kappa shape index (κ3) is 3.58. The number of hydrogen-bond donors (Lipinski definition) is 0. The summed E-state index contributed by atoms with van der Waals surface area (Å²) >= 11 is 0. The lowest BCUT2D eigenvalue weighted by Gasteiger charge is -2.12. The zero-order valence-electron chi connectivity index (χ0n) is 7.79. The van der Waals surface area contributed by atoms with E-state index in [2.05, 4.69) is 17.4 Å². The van der Waals surface area contributed by atoms with Crippen molar-refractivity contribution in [2.24, 2.45) is 0 Å². The number of nitrogens with zero attached hydrogens (tertiary/aromatic N) is 1. The molecule has 0 bridgehead atoms. The van der Waals surface area contributed by atoms with Crippen LogP contribution in [0.15, 0.2) is 24.0 Å². The zero-order chi connectivity index (χ0) is 8.81. The van der Waals surface area contributed by atoms with Crippen molar-refractivity contribution in [2.45, 2.75) is 6.42 Å². The molecule has 0 N–H and O–H groups in total. The lowest BCUT2D eigenvalue weighted by Crippen LogP contribution is -2.17. The maximum absolute atomic E-state index is 5.51. The van der Waals surface area contributed by atoms with Crippen molar-refractivity contribution in [3.05, 3.63) is 30.4 Å². The van der Waals surface area contributed by atoms with Crippen LogP contribution in [0.2, 0.25) is 0 Å². The summed E-state index contributed by atoms with van der Waals surface area (Å²) in [6.07, 6.45) is 9.23. The van der Waals surface area contributed by atoms with E-state index in [1.54, 1.807) is 0 Å². The molecule has 0 amide bonds. The quantitative estimate of drug-likeness (QED) is 0.629. The molecule has 0 aliphatic heterocycles. The van der Waals surface area contributed by atoms with Crippen molar-refractivity contribution in [3.8, 4) is 0 Å². The van der Waals surface area contributed by atoms with Crippen LogP contribution in [0.5, 0.6) is 0 Å². The average Bonchev–Trinajstić information content (AvgIpc) is 2.05. The molecule has 67 valence electrons. The van der Waals surface area contributed by atoms with Crippen LogP contribution in [-0.4, -0.2) is 32.1 Å². The first-order chi connectivity index (χ1) is 5.79. The van der Waals surface area contributed by atoms with Gasteiger partial charge in [0.1, 0.15) is 12.4 Å². The maximum atomic E-state index is 5.51. The summed E-state index contributed by atoms with van der Waals surface area (Å²) in [6, 6.07) is 0. The summed E-state index contributed by atoms with van der Waals surface area (Å²) < 4.78 is 5.51. The summed E-state index contributed by atoms with van der Waals surface area (Å²) in [5.74, 6) is 0.999. The molecule has 0 atom stereocenters. The largest absolute Gasteiger partial charge is 0.493 e. The fourth-order valence-corrected chi connectivity index (χ4v) is 0.947. The third-order valence-corrected chi connectivity index (χ3v) is 1.66. The highest BCUT2D eigenvalue weighted by molar-refractivity contribution is 5.21. The summed E-state index contributed by atoms with van der Waals surface area (Å²) in [5.41, 5.74) is 0. The molecule has 0 spiro atoms. The van der Waals surface area contributed by atoms with Gasteiger partial charge in [0.05, 0.1) is 0 Å². The molecule has 1 aliphatic rings. The Morgan fingerprint density at radius 1 is 1.50 bits per heavy atom. The smallest absolute Gasteiger partial charge is 0.115 e. The molecule has 0 aromatic heterocycles. The SMILES string of the molecule is CN(C)CCOC1=CC[CH]C=C1. The molecule has 2 nitrogen and oxygen atoms in total. The highest BCUT2D eigenvalue weighted by Gasteiger charge is 1.97. The highest BCUT2D eigenvalue weighted by Crippen LogP contribution is 2.09. The minimum Gasteiger partial charge on any atom is -0.493 e. The second-order valence-corrected chi connectivity index (χ2v) is 3.09. The molecule has 0 unspecified atom stereocenters. The van der Waals surface area contributed by atoms with Crippen LogP contribution in [0.4, 0.5) is 0 Å². The van der Waals surface area contributed by atoms with Crippen molar-refractivity contribution < 1.29 is 4.74 Å². The van der Waals surface area contributed by atoms with E-state index in [1.165, 1.54) is 0 Å². The first kappa shape index (κ1) is 9.33. The van der Waals surface area contributed by atoms with E-state index in [0.717, 1.165) is 25.3 Å². The van der Waals surface area contributed by atoms with Gasteiger partial charge in [-0.1, -0.05) is 6.08 Å². The summed E-state index contributed by atoms with van der Waals surface area (Å²) in [5, 5.41) is 0. The molecule has 0 saturated carbocycles. The minimum atomic E-state index is 0.767. The van der Waals surface area contributed by atoms with Crippen LogP contribution in [0.1, 0.15) is 6.42 Å². The standard InChI is InChI=1S/C10H16NO/c1-11(2)8-9-12-10-6-4-3-5-7-10/h3-4,6-7H,5,8-9H2,1-2H3. The van der Waals surface area contributed by atoms with Gasteiger partial charge in [0, 0.05) is 6.54 Å². The number of hydrogen-bond acceptors (Lipinski definition) is 2. The molecule has 1 radical (unpaired) electrons. The molecule has 1 aliphatic carbocycles. The fraction of sp³-hybridized carbons (Fsp3) is 0.500. The first-order valence-electron chi connectivity index (χ1n) is 4.26. The van der Waals surface area contributed by atoms with Gasteiger partial charge in [0.2, 0.25) is 0 Å². The van der Waals surface area contributed by atoms with Gasteiger partial charge in [-0.2, -0.15) is 0 Å². The molecule has 2 heteroatoms. The van der Waals surface area contributed by atoms with Crippen LogP contribution in [0.25, 0.3) is 0 Å². The second-order valence-electron chi connectivity index (χ2n) is 3.09. The Labute approximate surface area is 74.5 Å². The second kappa shape index (κ2) is 4.99. The number of likely N-dealkylation sites (N-methyl/N-ethyl adjacent to an activating group) is 1. The molecule has 0 heterocycles. The third-order valence-electron chi connectivity index (χ3n) is 1.66. The molecule has 0 aromatic carbocycles. The van der Waals surface area contributed by atoms with Crippen LogP contribution in [0.3, 0.4) is 0 Å². The van der Waals surface area contributed by atoms with Crippen LogP contribution < -0.4 is 0 Å². The minimum absolute atomic E-state index is 0.767. The number of ether oxygens (including phenoxy) is 1. The molecule has 0 aromatic rings. The fourth-order valence-electron chi connectivity index (χ4n) is 0.947. The van der Waals surface area contributed by atoms with Crippen LogP contribution in [-0.2, 0) is 4.74 Å². The van der Waals surface area contributed by atoms with Crippen molar-refractivity contribution in [2.75, 3.05) is 27.2 Å². The normalized spacial score (nSPS) is 16.4. The van der Waals surface area contributed by atoms with Gasteiger partial charge in [-0.25, -0.2) is 0 Å². The number of rotatable bonds is 4. The van der Waals surface area contributed by atoms with Crippen LogP contribution in [0, 0.1) is 6.42 Å². The average molecular weight is 166 g/mol. The molecule has 1 rings (SSSR count). The van der Waals surface area contributed by atoms with Gasteiger partial charge in [0.25, 0.3) is 0 Å². The van der Waals surface area contributed by atoms with Gasteiger partial charge < -0.3 is 9.64 Å². The van der Waals surface area contributed by atoms with E-state index in [0.29, 0.717) is 0 Å². The Hall–Kier alpha value is -0.760. The van der Waals surface area contributed by atoms with Crippen molar-refractivity contribution in [3.63, 3.8) is 0 Å². The number of allylic oxidation sites excluding steroid dienone is 3. The maximum Gasteiger partial charge on any atom is 0.115 e. The van der Waals surface area contributed by atoms with E-state index >= 15 is 0 Å². The van der Waals surface area contributed by atoms with Gasteiger partial charge in [0.15, 0.2) is 0 Å². The Morgan fingerprint density at radius 2 is 2.33 bits per heavy atom. The summed E-state index contributed by atoms with van der Waals surface area (Å²) in [4.78, 5) is 2.11. The Morgan fingerprint density at radius 3 is 2.92 bits per heavy atom. The van der Waals surface area contributed by atoms with Gasteiger partial charge in [-0.05, 0) is 39.1 Å². The van der Waals surface area contributed by atoms with Crippen molar-refractivity contribution in [1.29, 1.82) is 0 Å². The molecule has 12 heavy (non-hydrogen) atoms. The van der Waals surface area contributed by atoms with Crippen molar-refractivity contribution in [1.82, 2.24) is 4.90 Å². The zero-order valence-corrected chi connectivity index (χ0v) is 7.79. The van der Waals surface area contributed by atoms with Gasteiger partial charge in [-0.15, -0.1) is 0 Å². The first-order valence-corrected chi connectivity index (χ1v) is 4.26. The monoisotopic (exact) mass is 166 g/mol. The Balaban J connectivity index is 2.14. The van der Waals surface area contributed by atoms with E-state index in [1.807, 2.05) is 26.2 Å². The predicted octanol–water partition coefficient (Wildman–Crippen LogP) is 1.61. The van der Waals surface area contributed by atoms with E-state index in [9.17, 15) is 0 Å². The van der Waals surface area contributed by atoms with Crippen LogP contribution >= 0.6 is 0 Å². The van der Waals surface area contributed by atoms with Gasteiger partial charge >= 0.3 is 0 Å². The Kier molecular flexibility index (Phi) is 3.88. The lowest BCUT2D eigenvalue weighted by molar-refractivity contribution is 0.192. The molecule has 0 saturated heterocycles. The lowest BCUT2D eigenvalue weighted by atomic mass is 10.2. The Bertz CT molecular complexity index is 182. The van der Waals surface area contributed by atoms with E-state index in [-0.39, 0.29) is 0 Å². The van der Waals surface area contributed by atoms with E-state index < -0.39 is 0 Å².